The summed E-state index contributed by atoms with van der Waals surface area (Å²) >= 11 is 1.59. The van der Waals surface area contributed by atoms with Gasteiger partial charge in [-0.3, -0.25) is 14.6 Å². The fraction of sp³-hybridized carbons (Fsp3) is 0.258. The maximum atomic E-state index is 15.3. The van der Waals surface area contributed by atoms with Crippen molar-refractivity contribution >= 4 is 22.2 Å². The smallest absolute Gasteiger partial charge is 0.256 e. The van der Waals surface area contributed by atoms with Gasteiger partial charge in [-0.2, -0.15) is 0 Å². The Morgan fingerprint density at radius 3 is 2.22 bits per heavy atom. The van der Waals surface area contributed by atoms with Crippen molar-refractivity contribution in [1.29, 1.82) is 0 Å². The van der Waals surface area contributed by atoms with Crippen molar-refractivity contribution < 1.29 is 9.18 Å². The molecule has 190 valence electrons. The lowest BCUT2D eigenvalue weighted by atomic mass is 9.96. The Bertz CT molecular complexity index is 1320. The summed E-state index contributed by atoms with van der Waals surface area (Å²) in [7, 11) is 0. The lowest BCUT2D eigenvalue weighted by molar-refractivity contribution is 0.102. The monoisotopic (exact) mass is 513 g/mol. The summed E-state index contributed by atoms with van der Waals surface area (Å²) in [5.74, 6) is -0.366. The Morgan fingerprint density at radius 2 is 1.54 bits per heavy atom. The highest BCUT2D eigenvalue weighted by Crippen LogP contribution is 2.40. The zero-order valence-corrected chi connectivity index (χ0v) is 21.9. The number of rotatable bonds is 8. The molecule has 1 aliphatic heterocycles. The Balaban J connectivity index is 1.44. The van der Waals surface area contributed by atoms with Gasteiger partial charge >= 0.3 is 0 Å². The van der Waals surface area contributed by atoms with E-state index in [4.69, 9.17) is 0 Å². The molecule has 0 radical (unpaired) electrons. The molecule has 1 atom stereocenters. The molecule has 1 aliphatic rings. The summed E-state index contributed by atoms with van der Waals surface area (Å²) in [5, 5.41) is 3.95. The van der Waals surface area contributed by atoms with Gasteiger partial charge in [-0.05, 0) is 36.2 Å². The summed E-state index contributed by atoms with van der Waals surface area (Å²) in [6, 6.07) is 28.7. The molecule has 6 heteroatoms. The van der Waals surface area contributed by atoms with Gasteiger partial charge in [0, 0.05) is 54.3 Å². The van der Waals surface area contributed by atoms with E-state index in [-0.39, 0.29) is 17.8 Å². The number of carbonyl (C=O) groups excluding carboxylic acids is 1. The molecule has 1 aromatic heterocycles. The molecule has 37 heavy (non-hydrogen) atoms. The van der Waals surface area contributed by atoms with Crippen LogP contribution < -0.4 is 5.32 Å². The number of nitrogens with zero attached hydrogens (tertiary/aromatic N) is 2. The van der Waals surface area contributed by atoms with Gasteiger partial charge in [-0.25, -0.2) is 4.39 Å². The van der Waals surface area contributed by atoms with Gasteiger partial charge in [-0.1, -0.05) is 73.7 Å². The number of amides is 1. The molecule has 0 aliphatic carbocycles. The van der Waals surface area contributed by atoms with Crippen LogP contribution in [0.1, 0.15) is 44.9 Å². The molecule has 3 aromatic carbocycles. The molecule has 1 N–H and O–H groups in total. The van der Waals surface area contributed by atoms with Gasteiger partial charge in [0.1, 0.15) is 10.8 Å². The molecule has 0 bridgehead atoms. The largest absolute Gasteiger partial charge is 0.313 e. The molecule has 0 saturated carbocycles. The van der Waals surface area contributed by atoms with E-state index in [1.54, 1.807) is 17.4 Å². The second kappa shape index (κ2) is 11.8. The van der Waals surface area contributed by atoms with Crippen LogP contribution in [-0.2, 0) is 13.0 Å². The Morgan fingerprint density at radius 1 is 0.892 bits per heavy atom. The minimum Gasteiger partial charge on any atom is -0.313 e. The molecule has 1 saturated heterocycles. The first-order valence-electron chi connectivity index (χ1n) is 12.9. The zero-order valence-electron chi connectivity index (χ0n) is 21.1. The van der Waals surface area contributed by atoms with Crippen molar-refractivity contribution in [3.63, 3.8) is 0 Å². The third kappa shape index (κ3) is 5.99. The van der Waals surface area contributed by atoms with Gasteiger partial charge in [0.05, 0.1) is 6.04 Å². The van der Waals surface area contributed by atoms with Gasteiger partial charge in [0.15, 0.2) is 0 Å². The van der Waals surface area contributed by atoms with E-state index in [2.05, 4.69) is 52.4 Å². The summed E-state index contributed by atoms with van der Waals surface area (Å²) in [5.41, 5.74) is 3.53. The highest BCUT2D eigenvalue weighted by Gasteiger charge is 2.31. The van der Waals surface area contributed by atoms with Crippen LogP contribution in [0.3, 0.4) is 0 Å². The zero-order chi connectivity index (χ0) is 25.6. The Labute approximate surface area is 222 Å². The molecule has 4 aromatic rings. The average Bonchev–Trinajstić information content (AvgIpc) is 3.34. The topological polar surface area (TPSA) is 35.6 Å². The summed E-state index contributed by atoms with van der Waals surface area (Å²) in [4.78, 5) is 19.1. The van der Waals surface area contributed by atoms with Crippen LogP contribution >= 0.6 is 11.3 Å². The quantitative estimate of drug-likeness (QED) is 0.288. The van der Waals surface area contributed by atoms with Crippen LogP contribution in [0, 0.1) is 5.82 Å². The van der Waals surface area contributed by atoms with E-state index in [1.165, 1.54) is 16.5 Å². The van der Waals surface area contributed by atoms with E-state index in [1.807, 2.05) is 48.5 Å². The van der Waals surface area contributed by atoms with Crippen molar-refractivity contribution in [3.05, 3.63) is 124 Å². The normalized spacial score (nSPS) is 15.4. The Hall–Kier alpha value is -3.32. The Kier molecular flexibility index (Phi) is 8.09. The molecular formula is C31H32FN3OS. The lowest BCUT2D eigenvalue weighted by Gasteiger charge is -2.40. The second-order valence-electron chi connectivity index (χ2n) is 9.39. The molecule has 0 spiro atoms. The van der Waals surface area contributed by atoms with Crippen molar-refractivity contribution in [2.24, 2.45) is 0 Å². The molecule has 1 fully saturated rings. The molecule has 2 heterocycles. The number of piperazine rings is 1. The fourth-order valence-electron chi connectivity index (χ4n) is 4.98. The van der Waals surface area contributed by atoms with Crippen LogP contribution in [0.15, 0.2) is 91.0 Å². The number of hydrogen-bond donors (Lipinski definition) is 1. The van der Waals surface area contributed by atoms with E-state index >= 15 is 4.39 Å². The summed E-state index contributed by atoms with van der Waals surface area (Å²) < 4.78 is 15.3. The average molecular weight is 514 g/mol. The number of benzene rings is 3. The maximum absolute atomic E-state index is 15.3. The van der Waals surface area contributed by atoms with E-state index in [0.29, 0.717) is 11.1 Å². The number of nitrogens with one attached hydrogen (secondary N) is 1. The van der Waals surface area contributed by atoms with Crippen LogP contribution in [0.4, 0.5) is 9.39 Å². The number of thiophene rings is 1. The number of halogens is 1. The molecule has 4 nitrogen and oxygen atoms in total. The third-order valence-electron chi connectivity index (χ3n) is 6.94. The molecule has 0 unspecified atom stereocenters. The predicted molar refractivity (Wildman–Crippen MR) is 150 cm³/mol. The van der Waals surface area contributed by atoms with Gasteiger partial charge in [0.2, 0.25) is 0 Å². The van der Waals surface area contributed by atoms with E-state index in [0.717, 1.165) is 49.7 Å². The first-order valence-corrected chi connectivity index (χ1v) is 13.7. The molecule has 5 rings (SSSR count). The molecular weight excluding hydrogens is 481 g/mol. The number of aryl methyl sites for hydroxylation is 1. The summed E-state index contributed by atoms with van der Waals surface area (Å²) in [6.45, 7) is 6.45. The van der Waals surface area contributed by atoms with Crippen LogP contribution in [0.2, 0.25) is 0 Å². The standard InChI is InChI=1S/C31H32FN3OS/c1-2-25-21-27(31(37-25)33-30(36)24-13-7-4-8-14-24)29(26-15-9-10-16-28(26)32)35-19-17-34(18-20-35)22-23-11-5-3-6-12-23/h3-16,21,29H,2,17-20,22H2,1H3,(H,33,36)/t29-/m0/s1. The second-order valence-corrected chi connectivity index (χ2v) is 10.5. The first-order chi connectivity index (χ1) is 18.1. The highest BCUT2D eigenvalue weighted by atomic mass is 32.1. The van der Waals surface area contributed by atoms with Crippen molar-refractivity contribution in [2.75, 3.05) is 31.5 Å². The number of hydrogen-bond acceptors (Lipinski definition) is 4. The van der Waals surface area contributed by atoms with Crippen LogP contribution in [0.25, 0.3) is 0 Å². The van der Waals surface area contributed by atoms with Gasteiger partial charge in [-0.15, -0.1) is 11.3 Å². The van der Waals surface area contributed by atoms with Crippen LogP contribution in [0.5, 0.6) is 0 Å². The first kappa shape index (κ1) is 25.3. The highest BCUT2D eigenvalue weighted by molar-refractivity contribution is 7.16. The lowest BCUT2D eigenvalue weighted by Crippen LogP contribution is -2.47. The van der Waals surface area contributed by atoms with E-state index < -0.39 is 0 Å². The van der Waals surface area contributed by atoms with E-state index in [9.17, 15) is 4.79 Å². The van der Waals surface area contributed by atoms with Crippen molar-refractivity contribution in [2.45, 2.75) is 25.9 Å². The van der Waals surface area contributed by atoms with Crippen molar-refractivity contribution in [3.8, 4) is 0 Å². The molecule has 1 amide bonds. The predicted octanol–water partition coefficient (Wildman–Crippen LogP) is 6.61. The van der Waals surface area contributed by atoms with Crippen LogP contribution in [-0.4, -0.2) is 41.9 Å². The van der Waals surface area contributed by atoms with Crippen molar-refractivity contribution in [1.82, 2.24) is 9.80 Å². The fourth-order valence-corrected chi connectivity index (χ4v) is 6.00. The number of carbonyl (C=O) groups is 1. The van der Waals surface area contributed by atoms with Gasteiger partial charge < -0.3 is 5.32 Å². The number of anilines is 1. The van der Waals surface area contributed by atoms with Gasteiger partial charge in [0.25, 0.3) is 5.91 Å². The SMILES string of the molecule is CCc1cc([C@H](c2ccccc2F)N2CCN(Cc3ccccc3)CC2)c(NC(=O)c2ccccc2)s1. The minimum absolute atomic E-state index is 0.147. The maximum Gasteiger partial charge on any atom is 0.256 e. The third-order valence-corrected chi connectivity index (χ3v) is 8.15. The summed E-state index contributed by atoms with van der Waals surface area (Å²) in [6.07, 6.45) is 0.855. The minimum atomic E-state index is -0.275.